The Balaban J connectivity index is 2.10. The Bertz CT molecular complexity index is 799. The van der Waals surface area contributed by atoms with Crippen LogP contribution >= 0.6 is 0 Å². The molecule has 0 bridgehead atoms. The van der Waals surface area contributed by atoms with E-state index in [-0.39, 0.29) is 18.0 Å². The number of amides is 2. The molecular weight excluding hydrogens is 308 g/mol. The summed E-state index contributed by atoms with van der Waals surface area (Å²) < 4.78 is 1.85. The average Bonchev–Trinajstić information content (AvgIpc) is 2.92. The van der Waals surface area contributed by atoms with E-state index in [1.807, 2.05) is 42.9 Å². The first-order valence-corrected chi connectivity index (χ1v) is 7.78. The third-order valence-electron chi connectivity index (χ3n) is 4.32. The molecule has 0 radical (unpaired) electrons. The van der Waals surface area contributed by atoms with Crippen LogP contribution in [0.25, 0.3) is 11.3 Å². The molecular formula is C17H20N4O3. The lowest BCUT2D eigenvalue weighted by atomic mass is 9.90. The van der Waals surface area contributed by atoms with Crippen molar-refractivity contribution >= 4 is 17.7 Å². The number of hydrogen-bond acceptors (Lipinski definition) is 3. The van der Waals surface area contributed by atoms with E-state index in [1.54, 1.807) is 11.2 Å². The van der Waals surface area contributed by atoms with Crippen LogP contribution in [-0.4, -0.2) is 32.7 Å². The third-order valence-corrected chi connectivity index (χ3v) is 4.32. The van der Waals surface area contributed by atoms with Gasteiger partial charge in [0.2, 0.25) is 5.91 Å². The zero-order valence-electron chi connectivity index (χ0n) is 13.9. The van der Waals surface area contributed by atoms with E-state index in [9.17, 15) is 9.59 Å². The lowest BCUT2D eigenvalue weighted by Crippen LogP contribution is -2.45. The van der Waals surface area contributed by atoms with Gasteiger partial charge in [0.1, 0.15) is 0 Å². The number of anilines is 1. The SMILES string of the molecule is CC(=O)N1c2ccc(-c3cn(C)cn3)cc2[C@H](NC(=O)O)C[C@@H]1C. The van der Waals surface area contributed by atoms with Crippen molar-refractivity contribution in [2.24, 2.45) is 7.05 Å². The summed E-state index contributed by atoms with van der Waals surface area (Å²) in [5, 5.41) is 11.7. The smallest absolute Gasteiger partial charge is 0.405 e. The summed E-state index contributed by atoms with van der Waals surface area (Å²) in [5.74, 6) is -0.0527. The Hall–Kier alpha value is -2.83. The second-order valence-corrected chi connectivity index (χ2v) is 6.17. The minimum atomic E-state index is -1.07. The van der Waals surface area contributed by atoms with Gasteiger partial charge in [0.05, 0.1) is 18.1 Å². The second kappa shape index (κ2) is 5.99. The van der Waals surface area contributed by atoms with Gasteiger partial charge in [-0.1, -0.05) is 6.07 Å². The van der Waals surface area contributed by atoms with Crippen LogP contribution in [-0.2, 0) is 11.8 Å². The van der Waals surface area contributed by atoms with Crippen molar-refractivity contribution in [1.82, 2.24) is 14.9 Å². The second-order valence-electron chi connectivity index (χ2n) is 6.17. The summed E-state index contributed by atoms with van der Waals surface area (Å²) in [6, 6.07) is 5.26. The van der Waals surface area contributed by atoms with Crippen LogP contribution in [0, 0.1) is 0 Å². The van der Waals surface area contributed by atoms with E-state index >= 15 is 0 Å². The van der Waals surface area contributed by atoms with Crippen LogP contribution < -0.4 is 10.2 Å². The molecule has 1 aliphatic rings. The Labute approximate surface area is 139 Å². The maximum atomic E-state index is 12.0. The minimum absolute atomic E-state index is 0.0527. The number of benzene rings is 1. The molecule has 1 aliphatic heterocycles. The van der Waals surface area contributed by atoms with Crippen molar-refractivity contribution in [3.8, 4) is 11.3 Å². The largest absolute Gasteiger partial charge is 0.465 e. The number of nitrogens with one attached hydrogen (secondary N) is 1. The molecule has 126 valence electrons. The number of aromatic nitrogens is 2. The first-order chi connectivity index (χ1) is 11.4. The van der Waals surface area contributed by atoms with E-state index in [2.05, 4.69) is 10.3 Å². The predicted octanol–water partition coefficient (Wildman–Crippen LogP) is 2.54. The van der Waals surface area contributed by atoms with E-state index < -0.39 is 6.09 Å². The van der Waals surface area contributed by atoms with E-state index in [0.717, 1.165) is 22.5 Å². The van der Waals surface area contributed by atoms with Crippen LogP contribution in [0.3, 0.4) is 0 Å². The highest BCUT2D eigenvalue weighted by atomic mass is 16.4. The van der Waals surface area contributed by atoms with Gasteiger partial charge in [-0.15, -0.1) is 0 Å². The van der Waals surface area contributed by atoms with Crippen LogP contribution in [0.15, 0.2) is 30.7 Å². The molecule has 3 rings (SSSR count). The molecule has 0 unspecified atom stereocenters. The third kappa shape index (κ3) is 2.84. The molecule has 0 fully saturated rings. The normalized spacial score (nSPS) is 19.7. The van der Waals surface area contributed by atoms with Crippen LogP contribution in [0.5, 0.6) is 0 Å². The Morgan fingerprint density at radius 2 is 2.12 bits per heavy atom. The van der Waals surface area contributed by atoms with Gasteiger partial charge in [-0.2, -0.15) is 0 Å². The maximum absolute atomic E-state index is 12.0. The average molecular weight is 328 g/mol. The molecule has 2 atom stereocenters. The van der Waals surface area contributed by atoms with Crippen molar-refractivity contribution in [1.29, 1.82) is 0 Å². The Morgan fingerprint density at radius 3 is 2.71 bits per heavy atom. The summed E-state index contributed by atoms with van der Waals surface area (Å²) in [7, 11) is 1.89. The summed E-state index contributed by atoms with van der Waals surface area (Å²) in [6.45, 7) is 3.45. The fourth-order valence-electron chi connectivity index (χ4n) is 3.35. The predicted molar refractivity (Wildman–Crippen MR) is 89.8 cm³/mol. The van der Waals surface area contributed by atoms with Crippen molar-refractivity contribution in [2.45, 2.75) is 32.4 Å². The summed E-state index contributed by atoms with van der Waals surface area (Å²) in [4.78, 5) is 29.2. The van der Waals surface area contributed by atoms with Gasteiger partial charge >= 0.3 is 6.09 Å². The van der Waals surface area contributed by atoms with Gasteiger partial charge in [0.25, 0.3) is 0 Å². The van der Waals surface area contributed by atoms with E-state index in [0.29, 0.717) is 6.42 Å². The van der Waals surface area contributed by atoms with Crippen LogP contribution in [0.1, 0.15) is 31.9 Å². The molecule has 2 heterocycles. The molecule has 2 aromatic rings. The molecule has 2 N–H and O–H groups in total. The fourth-order valence-corrected chi connectivity index (χ4v) is 3.35. The van der Waals surface area contributed by atoms with Gasteiger partial charge in [-0.05, 0) is 31.0 Å². The van der Waals surface area contributed by atoms with Crippen molar-refractivity contribution in [3.05, 3.63) is 36.3 Å². The van der Waals surface area contributed by atoms with Gasteiger partial charge in [0.15, 0.2) is 0 Å². The number of carbonyl (C=O) groups excluding carboxylic acids is 1. The molecule has 7 nitrogen and oxygen atoms in total. The number of aryl methyl sites for hydroxylation is 1. The number of nitrogens with zero attached hydrogens (tertiary/aromatic N) is 3. The Kier molecular flexibility index (Phi) is 4.01. The molecule has 0 saturated carbocycles. The first-order valence-electron chi connectivity index (χ1n) is 7.78. The number of rotatable bonds is 2. The lowest BCUT2D eigenvalue weighted by molar-refractivity contribution is -0.117. The van der Waals surface area contributed by atoms with Crippen LogP contribution in [0.4, 0.5) is 10.5 Å². The van der Waals surface area contributed by atoms with Gasteiger partial charge < -0.3 is 19.9 Å². The summed E-state index contributed by atoms with van der Waals surface area (Å²) in [5.41, 5.74) is 3.25. The van der Waals surface area contributed by atoms with Gasteiger partial charge in [0, 0.05) is 37.5 Å². The van der Waals surface area contributed by atoms with Crippen molar-refractivity contribution in [2.75, 3.05) is 4.90 Å². The molecule has 0 spiro atoms. The van der Waals surface area contributed by atoms with E-state index in [4.69, 9.17) is 5.11 Å². The summed E-state index contributed by atoms with van der Waals surface area (Å²) >= 11 is 0. The van der Waals surface area contributed by atoms with Crippen molar-refractivity contribution in [3.63, 3.8) is 0 Å². The first kappa shape index (κ1) is 16.0. The molecule has 0 saturated heterocycles. The molecule has 1 aromatic carbocycles. The Morgan fingerprint density at radius 1 is 1.38 bits per heavy atom. The standard InChI is InChI=1S/C17H20N4O3/c1-10-6-14(19-17(23)24)13-7-12(15-8-20(3)9-18-15)4-5-16(13)21(10)11(2)22/h4-5,7-10,14,19H,6H2,1-3H3,(H,23,24)/t10-,14+/m0/s1. The molecule has 7 heteroatoms. The topological polar surface area (TPSA) is 87.5 Å². The fraction of sp³-hybridized carbons (Fsp3) is 0.353. The number of carbonyl (C=O) groups is 2. The highest BCUT2D eigenvalue weighted by Gasteiger charge is 2.33. The van der Waals surface area contributed by atoms with Gasteiger partial charge in [-0.25, -0.2) is 9.78 Å². The highest BCUT2D eigenvalue weighted by molar-refractivity contribution is 5.94. The molecule has 2 amide bonds. The minimum Gasteiger partial charge on any atom is -0.465 e. The monoisotopic (exact) mass is 328 g/mol. The number of fused-ring (bicyclic) bond motifs is 1. The highest BCUT2D eigenvalue weighted by Crippen LogP contribution is 2.39. The number of carboxylic acid groups (broad SMARTS) is 1. The van der Waals surface area contributed by atoms with Gasteiger partial charge in [-0.3, -0.25) is 4.79 Å². The van der Waals surface area contributed by atoms with Crippen LogP contribution in [0.2, 0.25) is 0 Å². The maximum Gasteiger partial charge on any atom is 0.405 e. The lowest BCUT2D eigenvalue weighted by Gasteiger charge is -2.39. The van der Waals surface area contributed by atoms with E-state index in [1.165, 1.54) is 6.92 Å². The number of hydrogen-bond donors (Lipinski definition) is 2. The summed E-state index contributed by atoms with van der Waals surface area (Å²) in [6.07, 6.45) is 3.07. The molecule has 1 aromatic heterocycles. The molecule has 24 heavy (non-hydrogen) atoms. The zero-order chi connectivity index (χ0) is 17.4. The molecule has 0 aliphatic carbocycles. The number of imidazole rings is 1. The quantitative estimate of drug-likeness (QED) is 0.887. The van der Waals surface area contributed by atoms with Crippen molar-refractivity contribution < 1.29 is 14.7 Å². The zero-order valence-corrected chi connectivity index (χ0v) is 13.9.